The first-order valence-electron chi connectivity index (χ1n) is 9.45. The molecule has 0 saturated carbocycles. The van der Waals surface area contributed by atoms with Crippen molar-refractivity contribution in [2.75, 3.05) is 6.61 Å². The summed E-state index contributed by atoms with van der Waals surface area (Å²) in [5.74, 6) is 0. The van der Waals surface area contributed by atoms with Gasteiger partial charge in [0.15, 0.2) is 6.29 Å². The van der Waals surface area contributed by atoms with E-state index in [0.717, 1.165) is 11.1 Å². The van der Waals surface area contributed by atoms with Gasteiger partial charge in [-0.2, -0.15) is 8.42 Å². The van der Waals surface area contributed by atoms with E-state index in [9.17, 15) is 8.42 Å². The van der Waals surface area contributed by atoms with Gasteiger partial charge < -0.3 is 14.2 Å². The van der Waals surface area contributed by atoms with Crippen molar-refractivity contribution in [2.45, 2.75) is 49.1 Å². The number of aryl methyl sites for hydroxylation is 1. The van der Waals surface area contributed by atoms with Gasteiger partial charge in [0.25, 0.3) is 10.1 Å². The second-order valence-electron chi connectivity index (χ2n) is 7.16. The number of nitrogens with zero attached hydrogens (tertiary/aromatic N) is 3. The Kier molecular flexibility index (Phi) is 6.05. The Hall–Kier alpha value is -2.46. The molecule has 4 rings (SSSR count). The predicted molar refractivity (Wildman–Crippen MR) is 106 cm³/mol. The van der Waals surface area contributed by atoms with Gasteiger partial charge in [-0.25, -0.2) is 0 Å². The third-order valence-corrected chi connectivity index (χ3v) is 6.38. The highest BCUT2D eigenvalue weighted by Crippen LogP contribution is 2.35. The fourth-order valence-corrected chi connectivity index (χ4v) is 4.60. The zero-order valence-corrected chi connectivity index (χ0v) is 17.0. The molecule has 2 fully saturated rings. The van der Waals surface area contributed by atoms with Crippen LogP contribution >= 0.6 is 0 Å². The Morgan fingerprint density at radius 1 is 1.13 bits per heavy atom. The molecule has 10 heteroatoms. The maximum atomic E-state index is 12.8. The first-order valence-corrected chi connectivity index (χ1v) is 10.9. The van der Waals surface area contributed by atoms with E-state index in [-0.39, 0.29) is 18.1 Å². The monoisotopic (exact) mass is 431 g/mol. The summed E-state index contributed by atoms with van der Waals surface area (Å²) in [5.41, 5.74) is 10.9. The highest BCUT2D eigenvalue weighted by Gasteiger charge is 2.53. The summed E-state index contributed by atoms with van der Waals surface area (Å²) in [6.07, 6.45) is -3.36. The quantitative estimate of drug-likeness (QED) is 0.288. The van der Waals surface area contributed by atoms with Crippen molar-refractivity contribution < 1.29 is 26.8 Å². The summed E-state index contributed by atoms with van der Waals surface area (Å²) < 4.78 is 48.4. The third-order valence-electron chi connectivity index (χ3n) is 5.06. The summed E-state index contributed by atoms with van der Waals surface area (Å²) in [5, 5.41) is 3.80. The lowest BCUT2D eigenvalue weighted by molar-refractivity contribution is -0.193. The largest absolute Gasteiger partial charge is 0.370 e. The van der Waals surface area contributed by atoms with Crippen LogP contribution in [0, 0.1) is 6.92 Å². The fourth-order valence-electron chi connectivity index (χ4n) is 3.53. The van der Waals surface area contributed by atoms with Crippen molar-refractivity contribution in [3.05, 3.63) is 76.2 Å². The van der Waals surface area contributed by atoms with Gasteiger partial charge in [-0.3, -0.25) is 4.18 Å². The van der Waals surface area contributed by atoms with Gasteiger partial charge in [0.1, 0.15) is 12.2 Å². The number of rotatable bonds is 7. The van der Waals surface area contributed by atoms with Gasteiger partial charge in [0, 0.05) is 4.91 Å². The van der Waals surface area contributed by atoms with Crippen molar-refractivity contribution in [3.63, 3.8) is 0 Å². The van der Waals surface area contributed by atoms with Crippen LogP contribution in [0.4, 0.5) is 0 Å². The Labute approximate surface area is 174 Å². The molecule has 0 N–H and O–H groups in total. The van der Waals surface area contributed by atoms with E-state index in [0.29, 0.717) is 0 Å². The van der Waals surface area contributed by atoms with Crippen LogP contribution in [0.25, 0.3) is 10.4 Å². The SMILES string of the molecule is Cc1ccc(S(=O)(=O)O[C@H]2[C@@H]3OC[C@@H](O3)[C@@H](OCc3ccccc3)[C@@H]2N=[N+]=[N-])cc1. The molecule has 30 heavy (non-hydrogen) atoms. The van der Waals surface area contributed by atoms with Crippen LogP contribution in [-0.4, -0.2) is 45.7 Å². The van der Waals surface area contributed by atoms with Gasteiger partial charge in [-0.05, 0) is 30.2 Å². The molecule has 0 radical (unpaired) electrons. The van der Waals surface area contributed by atoms with Crippen molar-refractivity contribution >= 4 is 10.1 Å². The molecule has 0 aliphatic carbocycles. The normalized spacial score (nSPS) is 28.1. The van der Waals surface area contributed by atoms with Crippen LogP contribution in [0.15, 0.2) is 64.6 Å². The lowest BCUT2D eigenvalue weighted by Crippen LogP contribution is -2.55. The highest BCUT2D eigenvalue weighted by atomic mass is 32.2. The molecule has 2 bridgehead atoms. The lowest BCUT2D eigenvalue weighted by Gasteiger charge is -2.37. The van der Waals surface area contributed by atoms with E-state index in [2.05, 4.69) is 10.0 Å². The number of azide groups is 1. The topological polar surface area (TPSA) is 120 Å². The summed E-state index contributed by atoms with van der Waals surface area (Å²) >= 11 is 0. The van der Waals surface area contributed by atoms with E-state index in [1.165, 1.54) is 12.1 Å². The fraction of sp³-hybridized carbons (Fsp3) is 0.400. The number of benzene rings is 2. The number of hydrogen-bond donors (Lipinski definition) is 0. The van der Waals surface area contributed by atoms with Gasteiger partial charge in [-0.15, -0.1) is 0 Å². The summed E-state index contributed by atoms with van der Waals surface area (Å²) in [7, 11) is -4.14. The molecule has 9 nitrogen and oxygen atoms in total. The first kappa shape index (κ1) is 20.8. The van der Waals surface area contributed by atoms with Crippen LogP contribution in [0.1, 0.15) is 11.1 Å². The minimum absolute atomic E-state index is 0.00494. The van der Waals surface area contributed by atoms with Gasteiger partial charge >= 0.3 is 0 Å². The maximum Gasteiger partial charge on any atom is 0.297 e. The summed E-state index contributed by atoms with van der Waals surface area (Å²) in [4.78, 5) is 2.88. The average molecular weight is 431 g/mol. The van der Waals surface area contributed by atoms with Crippen LogP contribution in [0.2, 0.25) is 0 Å². The molecule has 0 unspecified atom stereocenters. The van der Waals surface area contributed by atoms with Crippen LogP contribution < -0.4 is 0 Å². The van der Waals surface area contributed by atoms with Crippen molar-refractivity contribution in [3.8, 4) is 0 Å². The van der Waals surface area contributed by atoms with Crippen LogP contribution in [0.3, 0.4) is 0 Å². The van der Waals surface area contributed by atoms with Gasteiger partial charge in [0.05, 0.1) is 30.3 Å². The van der Waals surface area contributed by atoms with E-state index >= 15 is 0 Å². The number of ether oxygens (including phenoxy) is 3. The highest BCUT2D eigenvalue weighted by molar-refractivity contribution is 7.86. The van der Waals surface area contributed by atoms with Crippen LogP contribution in [0.5, 0.6) is 0 Å². The lowest BCUT2D eigenvalue weighted by atomic mass is 9.98. The second-order valence-corrected chi connectivity index (χ2v) is 8.73. The molecule has 0 aromatic heterocycles. The molecule has 0 spiro atoms. The molecular weight excluding hydrogens is 410 g/mol. The van der Waals surface area contributed by atoms with E-state index in [1.54, 1.807) is 12.1 Å². The van der Waals surface area contributed by atoms with Gasteiger partial charge in [0.2, 0.25) is 0 Å². The Morgan fingerprint density at radius 2 is 1.87 bits per heavy atom. The first-order chi connectivity index (χ1) is 14.5. The molecule has 2 aromatic carbocycles. The molecule has 2 aliphatic rings. The minimum Gasteiger partial charge on any atom is -0.370 e. The predicted octanol–water partition coefficient (Wildman–Crippen LogP) is 3.09. The Morgan fingerprint density at radius 3 is 2.57 bits per heavy atom. The van der Waals surface area contributed by atoms with Crippen LogP contribution in [-0.2, 0) is 35.1 Å². The standard InChI is InChI=1S/C20H21N3O6S/c1-13-7-9-15(10-8-13)30(24,25)29-19-17(22-23-21)18(16-12-27-20(19)28-16)26-11-14-5-3-2-4-6-14/h2-10,16-20H,11-12H2,1H3/t16-,17+,18-,19-,20-/m1/s1. The maximum absolute atomic E-state index is 12.8. The van der Waals surface area contributed by atoms with Crippen molar-refractivity contribution in [2.24, 2.45) is 5.11 Å². The molecule has 2 saturated heterocycles. The second kappa shape index (κ2) is 8.73. The minimum atomic E-state index is -4.14. The molecule has 5 atom stereocenters. The molecular formula is C20H21N3O6S. The van der Waals surface area contributed by atoms with E-state index < -0.39 is 40.8 Å². The molecule has 2 aromatic rings. The Balaban J connectivity index is 1.58. The third kappa shape index (κ3) is 4.34. The number of fused-ring (bicyclic) bond motifs is 2. The average Bonchev–Trinajstić information content (AvgIpc) is 3.18. The summed E-state index contributed by atoms with van der Waals surface area (Å²) in [6.45, 7) is 2.28. The zero-order chi connectivity index (χ0) is 21.1. The zero-order valence-electron chi connectivity index (χ0n) is 16.2. The molecule has 158 valence electrons. The summed E-state index contributed by atoms with van der Waals surface area (Å²) in [6, 6.07) is 14.8. The van der Waals surface area contributed by atoms with Crippen molar-refractivity contribution in [1.29, 1.82) is 0 Å². The van der Waals surface area contributed by atoms with E-state index in [4.69, 9.17) is 23.9 Å². The molecule has 2 aliphatic heterocycles. The van der Waals surface area contributed by atoms with Gasteiger partial charge in [-0.1, -0.05) is 53.1 Å². The van der Waals surface area contributed by atoms with Crippen molar-refractivity contribution in [1.82, 2.24) is 0 Å². The molecule has 2 heterocycles. The van der Waals surface area contributed by atoms with E-state index in [1.807, 2.05) is 37.3 Å². The smallest absolute Gasteiger partial charge is 0.297 e. The molecule has 0 amide bonds. The number of hydrogen-bond acceptors (Lipinski definition) is 7. The Bertz CT molecular complexity index is 1020.